The van der Waals surface area contributed by atoms with Crippen LogP contribution >= 0.6 is 0 Å². The molecular weight excluding hydrogens is 295 g/mol. The number of aliphatic hydroxyl groups is 1. The van der Waals surface area contributed by atoms with Gasteiger partial charge in [0.1, 0.15) is 17.2 Å². The van der Waals surface area contributed by atoms with E-state index in [2.05, 4.69) is 10.3 Å². The van der Waals surface area contributed by atoms with Crippen LogP contribution < -0.4 is 4.90 Å². The van der Waals surface area contributed by atoms with Gasteiger partial charge in [-0.3, -0.25) is 0 Å². The molecule has 3 rings (SSSR count). The fourth-order valence-corrected chi connectivity index (χ4v) is 2.39. The highest BCUT2D eigenvalue weighted by molar-refractivity contribution is 5.64. The minimum atomic E-state index is -0.311. The predicted molar refractivity (Wildman–Crippen MR) is 87.0 cm³/mol. The summed E-state index contributed by atoms with van der Waals surface area (Å²) in [6.45, 7) is -0.234. The van der Waals surface area contributed by atoms with Crippen LogP contribution in [0.2, 0.25) is 0 Å². The zero-order valence-corrected chi connectivity index (χ0v) is 12.9. The summed E-state index contributed by atoms with van der Waals surface area (Å²) in [7, 11) is 3.94. The molecule has 0 spiro atoms. The van der Waals surface area contributed by atoms with Gasteiger partial charge in [-0.25, -0.2) is 9.07 Å². The second-order valence-electron chi connectivity index (χ2n) is 5.37. The summed E-state index contributed by atoms with van der Waals surface area (Å²) >= 11 is 0. The molecular formula is C17H17FN4O. The van der Waals surface area contributed by atoms with Crippen LogP contribution in [0, 0.1) is 5.82 Å². The van der Waals surface area contributed by atoms with Crippen molar-refractivity contribution in [1.29, 1.82) is 0 Å². The van der Waals surface area contributed by atoms with Gasteiger partial charge in [0.05, 0.1) is 12.3 Å². The number of aromatic nitrogens is 3. The van der Waals surface area contributed by atoms with Crippen molar-refractivity contribution in [3.05, 3.63) is 60.0 Å². The van der Waals surface area contributed by atoms with Crippen LogP contribution in [0.5, 0.6) is 0 Å². The van der Waals surface area contributed by atoms with Gasteiger partial charge in [-0.1, -0.05) is 5.21 Å². The minimum absolute atomic E-state index is 0.234. The summed E-state index contributed by atoms with van der Waals surface area (Å²) in [4.78, 5) is 2.01. The third-order valence-electron chi connectivity index (χ3n) is 3.62. The van der Waals surface area contributed by atoms with Crippen LogP contribution in [0.1, 0.15) is 5.69 Å². The Morgan fingerprint density at radius 1 is 1.04 bits per heavy atom. The summed E-state index contributed by atoms with van der Waals surface area (Å²) in [5, 5.41) is 17.7. The van der Waals surface area contributed by atoms with Gasteiger partial charge in [0, 0.05) is 25.3 Å². The number of anilines is 1. The smallest absolute Gasteiger partial charge is 0.123 e. The summed E-state index contributed by atoms with van der Waals surface area (Å²) in [5.74, 6) is -0.311. The van der Waals surface area contributed by atoms with E-state index in [0.717, 1.165) is 16.9 Å². The topological polar surface area (TPSA) is 54.2 Å². The van der Waals surface area contributed by atoms with Crippen LogP contribution in [0.15, 0.2) is 48.5 Å². The van der Waals surface area contributed by atoms with E-state index >= 15 is 0 Å². The van der Waals surface area contributed by atoms with Crippen molar-refractivity contribution in [1.82, 2.24) is 15.0 Å². The first kappa shape index (κ1) is 15.2. The van der Waals surface area contributed by atoms with Crippen LogP contribution in [0.4, 0.5) is 10.1 Å². The molecule has 6 heteroatoms. The van der Waals surface area contributed by atoms with Crippen molar-refractivity contribution >= 4 is 5.69 Å². The van der Waals surface area contributed by atoms with E-state index in [4.69, 9.17) is 0 Å². The van der Waals surface area contributed by atoms with Crippen LogP contribution in [0.3, 0.4) is 0 Å². The van der Waals surface area contributed by atoms with Crippen molar-refractivity contribution < 1.29 is 9.50 Å². The molecule has 3 aromatic rings. The van der Waals surface area contributed by atoms with E-state index in [0.29, 0.717) is 11.4 Å². The Bertz CT molecular complexity index is 794. The molecule has 5 nitrogen and oxygen atoms in total. The lowest BCUT2D eigenvalue weighted by Gasteiger charge is -2.13. The number of hydrogen-bond donors (Lipinski definition) is 1. The Morgan fingerprint density at radius 2 is 1.70 bits per heavy atom. The fourth-order valence-electron chi connectivity index (χ4n) is 2.39. The van der Waals surface area contributed by atoms with Gasteiger partial charge in [0.2, 0.25) is 0 Å². The van der Waals surface area contributed by atoms with Crippen molar-refractivity contribution in [3.8, 4) is 16.9 Å². The molecule has 0 fully saturated rings. The van der Waals surface area contributed by atoms with Gasteiger partial charge in [-0.15, -0.1) is 5.10 Å². The van der Waals surface area contributed by atoms with Gasteiger partial charge in [0.25, 0.3) is 0 Å². The molecule has 0 saturated carbocycles. The number of hydrogen-bond acceptors (Lipinski definition) is 4. The van der Waals surface area contributed by atoms with E-state index in [-0.39, 0.29) is 12.4 Å². The van der Waals surface area contributed by atoms with E-state index in [1.165, 1.54) is 12.1 Å². The SMILES string of the molecule is CN(C)c1ccc(-n2nnc(CO)c2-c2ccc(F)cc2)cc1. The number of halogens is 1. The predicted octanol–water partition coefficient (Wildman–Crippen LogP) is 2.63. The Kier molecular flexibility index (Phi) is 4.08. The normalized spacial score (nSPS) is 10.8. The molecule has 0 aliphatic carbocycles. The molecule has 0 saturated heterocycles. The molecule has 2 aromatic carbocycles. The van der Waals surface area contributed by atoms with Crippen LogP contribution in [0.25, 0.3) is 16.9 Å². The largest absolute Gasteiger partial charge is 0.390 e. The summed E-state index contributed by atoms with van der Waals surface area (Å²) < 4.78 is 14.8. The average molecular weight is 312 g/mol. The van der Waals surface area contributed by atoms with Crippen molar-refractivity contribution in [2.75, 3.05) is 19.0 Å². The van der Waals surface area contributed by atoms with Gasteiger partial charge in [-0.05, 0) is 48.5 Å². The maximum atomic E-state index is 13.2. The molecule has 118 valence electrons. The van der Waals surface area contributed by atoms with Crippen molar-refractivity contribution in [3.63, 3.8) is 0 Å². The molecule has 23 heavy (non-hydrogen) atoms. The summed E-state index contributed by atoms with van der Waals surface area (Å²) in [6.07, 6.45) is 0. The first-order valence-electron chi connectivity index (χ1n) is 7.19. The molecule has 0 aliphatic rings. The lowest BCUT2D eigenvalue weighted by atomic mass is 10.1. The number of aliphatic hydroxyl groups excluding tert-OH is 1. The monoisotopic (exact) mass is 312 g/mol. The lowest BCUT2D eigenvalue weighted by Crippen LogP contribution is -2.08. The van der Waals surface area contributed by atoms with Gasteiger partial charge in [-0.2, -0.15) is 0 Å². The molecule has 0 unspecified atom stereocenters. The maximum absolute atomic E-state index is 13.2. The van der Waals surface area contributed by atoms with Crippen molar-refractivity contribution in [2.45, 2.75) is 6.61 Å². The van der Waals surface area contributed by atoms with Crippen LogP contribution in [-0.2, 0) is 6.61 Å². The zero-order valence-electron chi connectivity index (χ0n) is 12.9. The van der Waals surface area contributed by atoms with Gasteiger partial charge >= 0.3 is 0 Å². The third kappa shape index (κ3) is 2.93. The first-order chi connectivity index (χ1) is 11.1. The van der Waals surface area contributed by atoms with Crippen LogP contribution in [-0.4, -0.2) is 34.2 Å². The molecule has 1 N–H and O–H groups in total. The lowest BCUT2D eigenvalue weighted by molar-refractivity contribution is 0.277. The Balaban J connectivity index is 2.09. The molecule has 0 atom stereocenters. The van der Waals surface area contributed by atoms with E-state index in [1.807, 2.05) is 43.3 Å². The molecule has 0 aliphatic heterocycles. The van der Waals surface area contributed by atoms with E-state index in [9.17, 15) is 9.50 Å². The second kappa shape index (κ2) is 6.18. The zero-order chi connectivity index (χ0) is 16.4. The van der Waals surface area contributed by atoms with Crippen molar-refractivity contribution in [2.24, 2.45) is 0 Å². The van der Waals surface area contributed by atoms with E-state index < -0.39 is 0 Å². The highest BCUT2D eigenvalue weighted by Gasteiger charge is 2.15. The average Bonchev–Trinajstić information content (AvgIpc) is 2.99. The highest BCUT2D eigenvalue weighted by Crippen LogP contribution is 2.26. The quantitative estimate of drug-likeness (QED) is 0.804. The Morgan fingerprint density at radius 3 is 2.26 bits per heavy atom. The first-order valence-corrected chi connectivity index (χ1v) is 7.19. The minimum Gasteiger partial charge on any atom is -0.390 e. The summed E-state index contributed by atoms with van der Waals surface area (Å²) in [6, 6.07) is 13.9. The Labute approximate surface area is 133 Å². The second-order valence-corrected chi connectivity index (χ2v) is 5.37. The number of rotatable bonds is 4. The third-order valence-corrected chi connectivity index (χ3v) is 3.62. The van der Waals surface area contributed by atoms with E-state index in [1.54, 1.807) is 16.8 Å². The molecule has 1 aromatic heterocycles. The van der Waals surface area contributed by atoms with Gasteiger partial charge < -0.3 is 10.0 Å². The highest BCUT2D eigenvalue weighted by atomic mass is 19.1. The molecule has 0 radical (unpaired) electrons. The number of benzene rings is 2. The Hall–Kier alpha value is -2.73. The summed E-state index contributed by atoms with van der Waals surface area (Å²) in [5.41, 5.74) is 3.75. The standard InChI is InChI=1S/C17H17FN4O/c1-21(2)14-7-9-15(10-8-14)22-17(16(11-23)19-20-22)12-3-5-13(18)6-4-12/h3-10,23H,11H2,1-2H3. The molecule has 0 amide bonds. The molecule has 0 bridgehead atoms. The fraction of sp³-hybridized carbons (Fsp3) is 0.176. The maximum Gasteiger partial charge on any atom is 0.123 e. The van der Waals surface area contributed by atoms with Gasteiger partial charge in [0.15, 0.2) is 0 Å². The molecule has 1 heterocycles. The number of nitrogens with zero attached hydrogens (tertiary/aromatic N) is 4.